The number of amides is 1. The molecule has 0 spiro atoms. The monoisotopic (exact) mass is 270 g/mol. The summed E-state index contributed by atoms with van der Waals surface area (Å²) in [6.45, 7) is 3.88. The highest BCUT2D eigenvalue weighted by atomic mass is 16.4. The zero-order valence-corrected chi connectivity index (χ0v) is 11.2. The number of anilines is 1. The Kier molecular flexibility index (Phi) is 3.79. The molecule has 1 aromatic carbocycles. The summed E-state index contributed by atoms with van der Waals surface area (Å²) in [5, 5.41) is 11.5. The molecule has 0 aliphatic heterocycles. The Morgan fingerprint density at radius 3 is 2.45 bits per heavy atom. The van der Waals surface area contributed by atoms with Crippen LogP contribution in [0.15, 0.2) is 36.5 Å². The molecule has 0 fully saturated rings. The summed E-state index contributed by atoms with van der Waals surface area (Å²) in [5.41, 5.74) is 3.01. The lowest BCUT2D eigenvalue weighted by Crippen LogP contribution is -2.14. The molecule has 0 saturated carbocycles. The molecule has 0 aliphatic rings. The Morgan fingerprint density at radius 1 is 1.15 bits per heavy atom. The molecule has 1 heterocycles. The Bertz CT molecular complexity index is 663. The number of pyridine rings is 1. The summed E-state index contributed by atoms with van der Waals surface area (Å²) in [4.78, 5) is 26.6. The Labute approximate surface area is 116 Å². The van der Waals surface area contributed by atoms with Gasteiger partial charge in [0.05, 0.1) is 5.56 Å². The van der Waals surface area contributed by atoms with E-state index in [0.29, 0.717) is 5.69 Å². The minimum atomic E-state index is -1.07. The van der Waals surface area contributed by atoms with Gasteiger partial charge in [0.25, 0.3) is 5.91 Å². The number of rotatable bonds is 3. The molecule has 0 saturated heterocycles. The third-order valence-corrected chi connectivity index (χ3v) is 2.87. The van der Waals surface area contributed by atoms with Crippen molar-refractivity contribution in [3.8, 4) is 0 Å². The number of nitrogens with zero attached hydrogens (tertiary/aromatic N) is 1. The molecule has 0 radical (unpaired) electrons. The van der Waals surface area contributed by atoms with Gasteiger partial charge in [-0.15, -0.1) is 0 Å². The molecule has 2 aromatic rings. The van der Waals surface area contributed by atoms with Gasteiger partial charge in [0.2, 0.25) is 0 Å². The molecular formula is C15H14N2O3. The number of carboxylic acid groups (broad SMARTS) is 1. The van der Waals surface area contributed by atoms with Crippen LogP contribution in [0.2, 0.25) is 0 Å². The van der Waals surface area contributed by atoms with Crippen LogP contribution in [0.5, 0.6) is 0 Å². The lowest BCUT2D eigenvalue weighted by atomic mass is 10.1. The largest absolute Gasteiger partial charge is 0.478 e. The van der Waals surface area contributed by atoms with Gasteiger partial charge in [-0.1, -0.05) is 17.7 Å². The minimum absolute atomic E-state index is 0.0491. The van der Waals surface area contributed by atoms with Gasteiger partial charge in [-0.05, 0) is 37.6 Å². The number of hydrogen-bond donors (Lipinski definition) is 2. The van der Waals surface area contributed by atoms with E-state index in [4.69, 9.17) is 5.11 Å². The van der Waals surface area contributed by atoms with Gasteiger partial charge < -0.3 is 10.4 Å². The summed E-state index contributed by atoms with van der Waals surface area (Å²) >= 11 is 0. The van der Waals surface area contributed by atoms with Crippen molar-refractivity contribution in [2.75, 3.05) is 5.32 Å². The first-order valence-corrected chi connectivity index (χ1v) is 6.05. The first-order chi connectivity index (χ1) is 9.47. The Hall–Kier alpha value is -2.69. The van der Waals surface area contributed by atoms with Crippen LogP contribution in [0.25, 0.3) is 0 Å². The number of nitrogens with one attached hydrogen (secondary N) is 1. The third kappa shape index (κ3) is 3.00. The standard InChI is InChI=1S/C15H14N2O3/c1-9-3-5-12(10(2)7-9)17-14(18)13-6-4-11(8-16-13)15(19)20/h3-8H,1-2H3,(H,17,18)(H,19,20). The lowest BCUT2D eigenvalue weighted by Gasteiger charge is -2.08. The van der Waals surface area contributed by atoms with Crippen molar-refractivity contribution in [2.45, 2.75) is 13.8 Å². The molecule has 0 unspecified atom stereocenters. The maximum atomic E-state index is 12.0. The molecule has 102 valence electrons. The third-order valence-electron chi connectivity index (χ3n) is 2.87. The normalized spacial score (nSPS) is 10.1. The Morgan fingerprint density at radius 2 is 1.90 bits per heavy atom. The van der Waals surface area contributed by atoms with Gasteiger partial charge in [0, 0.05) is 11.9 Å². The van der Waals surface area contributed by atoms with Crippen LogP contribution in [0.4, 0.5) is 5.69 Å². The van der Waals surface area contributed by atoms with Crippen molar-refractivity contribution in [3.63, 3.8) is 0 Å². The van der Waals surface area contributed by atoms with E-state index in [-0.39, 0.29) is 17.2 Å². The quantitative estimate of drug-likeness (QED) is 0.898. The van der Waals surface area contributed by atoms with E-state index in [1.165, 1.54) is 18.3 Å². The summed E-state index contributed by atoms with van der Waals surface area (Å²) in [6.07, 6.45) is 1.17. The van der Waals surface area contributed by atoms with Gasteiger partial charge >= 0.3 is 5.97 Å². The van der Waals surface area contributed by atoms with Crippen LogP contribution in [-0.2, 0) is 0 Å². The van der Waals surface area contributed by atoms with Crippen molar-refractivity contribution >= 4 is 17.6 Å². The van der Waals surface area contributed by atoms with E-state index in [9.17, 15) is 9.59 Å². The van der Waals surface area contributed by atoms with Crippen LogP contribution in [0, 0.1) is 13.8 Å². The van der Waals surface area contributed by atoms with E-state index in [0.717, 1.165) is 11.1 Å². The summed E-state index contributed by atoms with van der Waals surface area (Å²) in [5.74, 6) is -1.44. The summed E-state index contributed by atoms with van der Waals surface area (Å²) < 4.78 is 0. The van der Waals surface area contributed by atoms with Crippen molar-refractivity contribution in [1.29, 1.82) is 0 Å². The number of carbonyl (C=O) groups is 2. The molecule has 0 atom stereocenters. The zero-order valence-electron chi connectivity index (χ0n) is 11.2. The molecule has 20 heavy (non-hydrogen) atoms. The van der Waals surface area contributed by atoms with Crippen molar-refractivity contribution in [2.24, 2.45) is 0 Å². The molecular weight excluding hydrogens is 256 g/mol. The second-order valence-corrected chi connectivity index (χ2v) is 4.51. The van der Waals surface area contributed by atoms with Crippen LogP contribution < -0.4 is 5.32 Å². The molecule has 2 rings (SSSR count). The number of aromatic nitrogens is 1. The van der Waals surface area contributed by atoms with Gasteiger partial charge in [-0.2, -0.15) is 0 Å². The number of hydrogen-bond acceptors (Lipinski definition) is 3. The van der Waals surface area contributed by atoms with Crippen molar-refractivity contribution in [1.82, 2.24) is 4.98 Å². The maximum Gasteiger partial charge on any atom is 0.337 e. The molecule has 2 N–H and O–H groups in total. The molecule has 5 heteroatoms. The van der Waals surface area contributed by atoms with Gasteiger partial charge in [-0.3, -0.25) is 9.78 Å². The van der Waals surface area contributed by atoms with Gasteiger partial charge in [0.1, 0.15) is 5.69 Å². The highest BCUT2D eigenvalue weighted by Crippen LogP contribution is 2.16. The lowest BCUT2D eigenvalue weighted by molar-refractivity contribution is 0.0696. The highest BCUT2D eigenvalue weighted by Gasteiger charge is 2.10. The highest BCUT2D eigenvalue weighted by molar-refractivity contribution is 6.03. The van der Waals surface area contributed by atoms with Crippen LogP contribution in [-0.4, -0.2) is 22.0 Å². The van der Waals surface area contributed by atoms with E-state index in [2.05, 4.69) is 10.3 Å². The first-order valence-electron chi connectivity index (χ1n) is 6.05. The fourth-order valence-corrected chi connectivity index (χ4v) is 1.79. The van der Waals surface area contributed by atoms with E-state index in [1.807, 2.05) is 32.0 Å². The number of benzene rings is 1. The molecule has 1 amide bonds. The predicted molar refractivity (Wildman–Crippen MR) is 75.1 cm³/mol. The molecule has 1 aromatic heterocycles. The van der Waals surface area contributed by atoms with Crippen LogP contribution in [0.3, 0.4) is 0 Å². The predicted octanol–water partition coefficient (Wildman–Crippen LogP) is 2.65. The number of carboxylic acids is 1. The summed E-state index contributed by atoms with van der Waals surface area (Å²) in [7, 11) is 0. The fourth-order valence-electron chi connectivity index (χ4n) is 1.79. The van der Waals surface area contributed by atoms with E-state index >= 15 is 0 Å². The topological polar surface area (TPSA) is 79.3 Å². The van der Waals surface area contributed by atoms with Crippen molar-refractivity contribution < 1.29 is 14.7 Å². The first kappa shape index (κ1) is 13.7. The minimum Gasteiger partial charge on any atom is -0.478 e. The number of aryl methyl sites for hydroxylation is 2. The second-order valence-electron chi connectivity index (χ2n) is 4.51. The van der Waals surface area contributed by atoms with Crippen LogP contribution in [0.1, 0.15) is 32.0 Å². The molecule has 0 bridgehead atoms. The van der Waals surface area contributed by atoms with E-state index in [1.54, 1.807) is 0 Å². The van der Waals surface area contributed by atoms with E-state index < -0.39 is 5.97 Å². The zero-order chi connectivity index (χ0) is 14.7. The van der Waals surface area contributed by atoms with Crippen LogP contribution >= 0.6 is 0 Å². The fraction of sp³-hybridized carbons (Fsp3) is 0.133. The van der Waals surface area contributed by atoms with Crippen molar-refractivity contribution in [3.05, 3.63) is 58.9 Å². The smallest absolute Gasteiger partial charge is 0.337 e. The second kappa shape index (κ2) is 5.52. The average Bonchev–Trinajstić information content (AvgIpc) is 2.42. The molecule has 5 nitrogen and oxygen atoms in total. The SMILES string of the molecule is Cc1ccc(NC(=O)c2ccc(C(=O)O)cn2)c(C)c1. The number of aromatic carboxylic acids is 1. The van der Waals surface area contributed by atoms with Gasteiger partial charge in [0.15, 0.2) is 0 Å². The van der Waals surface area contributed by atoms with Gasteiger partial charge in [-0.25, -0.2) is 4.79 Å². The molecule has 0 aliphatic carbocycles. The average molecular weight is 270 g/mol. The maximum absolute atomic E-state index is 12.0. The Balaban J connectivity index is 2.17. The summed E-state index contributed by atoms with van der Waals surface area (Å²) in [6, 6.07) is 8.45. The number of carbonyl (C=O) groups excluding carboxylic acids is 1.